The summed E-state index contributed by atoms with van der Waals surface area (Å²) in [5.74, 6) is 0. The van der Waals surface area contributed by atoms with Gasteiger partial charge in [-0.25, -0.2) is 4.21 Å². The molecule has 0 aromatic carbocycles. The molecule has 0 aliphatic heterocycles. The van der Waals surface area contributed by atoms with E-state index in [4.69, 9.17) is 0 Å². The predicted molar refractivity (Wildman–Crippen MR) is 42.6 cm³/mol. The summed E-state index contributed by atoms with van der Waals surface area (Å²) in [6, 6.07) is 0. The number of nitrogens with one attached hydrogen (secondary N) is 1. The van der Waals surface area contributed by atoms with Crippen molar-refractivity contribution in [2.75, 3.05) is 13.1 Å². The second kappa shape index (κ2) is 6.72. The SMILES string of the molecule is CCNCCC(C)OS(=O)[O-]. The zero-order valence-corrected chi connectivity index (χ0v) is 7.65. The molecule has 2 atom stereocenters. The van der Waals surface area contributed by atoms with Crippen LogP contribution in [0.15, 0.2) is 0 Å². The minimum atomic E-state index is -2.38. The highest BCUT2D eigenvalue weighted by atomic mass is 32.2. The fourth-order valence-electron chi connectivity index (χ4n) is 0.664. The van der Waals surface area contributed by atoms with Gasteiger partial charge >= 0.3 is 0 Å². The molecule has 0 radical (unpaired) electrons. The first-order valence-electron chi connectivity index (χ1n) is 3.64. The van der Waals surface area contributed by atoms with E-state index in [1.54, 1.807) is 6.92 Å². The summed E-state index contributed by atoms with van der Waals surface area (Å²) in [6.07, 6.45) is 0.481. The third-order valence-electron chi connectivity index (χ3n) is 1.22. The van der Waals surface area contributed by atoms with E-state index in [-0.39, 0.29) is 6.10 Å². The van der Waals surface area contributed by atoms with E-state index >= 15 is 0 Å². The zero-order valence-electron chi connectivity index (χ0n) is 6.83. The first-order valence-corrected chi connectivity index (χ1v) is 4.64. The Kier molecular flexibility index (Phi) is 6.74. The minimum Gasteiger partial charge on any atom is -0.750 e. The summed E-state index contributed by atoms with van der Waals surface area (Å²) in [6.45, 7) is 5.41. The zero-order chi connectivity index (χ0) is 8.69. The molecule has 0 aromatic heterocycles. The molecule has 0 aliphatic rings. The molecule has 4 nitrogen and oxygen atoms in total. The van der Waals surface area contributed by atoms with Gasteiger partial charge in [-0.1, -0.05) is 6.92 Å². The topological polar surface area (TPSA) is 61.4 Å². The fraction of sp³-hybridized carbons (Fsp3) is 1.00. The van der Waals surface area contributed by atoms with Crippen molar-refractivity contribution >= 4 is 11.4 Å². The van der Waals surface area contributed by atoms with E-state index in [0.29, 0.717) is 6.42 Å². The van der Waals surface area contributed by atoms with Crippen molar-refractivity contribution in [3.8, 4) is 0 Å². The summed E-state index contributed by atoms with van der Waals surface area (Å²) in [4.78, 5) is 0. The molecule has 1 N–H and O–H groups in total. The van der Waals surface area contributed by atoms with Crippen LogP contribution < -0.4 is 5.32 Å². The third-order valence-corrected chi connectivity index (χ3v) is 1.71. The third kappa shape index (κ3) is 7.93. The maximum Gasteiger partial charge on any atom is 0.0844 e. The molecule has 0 saturated heterocycles. The van der Waals surface area contributed by atoms with Gasteiger partial charge in [-0.15, -0.1) is 0 Å². The van der Waals surface area contributed by atoms with Crippen molar-refractivity contribution in [1.29, 1.82) is 0 Å². The van der Waals surface area contributed by atoms with Gasteiger partial charge in [0.1, 0.15) is 0 Å². The molecule has 0 aliphatic carbocycles. The minimum absolute atomic E-state index is 0.229. The molecule has 5 heteroatoms. The first kappa shape index (κ1) is 11.0. The number of hydrogen-bond acceptors (Lipinski definition) is 4. The van der Waals surface area contributed by atoms with Gasteiger partial charge in [-0.05, 0) is 26.4 Å². The van der Waals surface area contributed by atoms with Crippen LogP contribution in [0.4, 0.5) is 0 Å². The van der Waals surface area contributed by atoms with Crippen molar-refractivity contribution in [3.05, 3.63) is 0 Å². The summed E-state index contributed by atoms with van der Waals surface area (Å²) in [7, 11) is 0. The highest BCUT2D eigenvalue weighted by Gasteiger charge is 2.00. The summed E-state index contributed by atoms with van der Waals surface area (Å²) < 4.78 is 24.5. The Labute approximate surface area is 69.8 Å². The van der Waals surface area contributed by atoms with E-state index in [0.717, 1.165) is 13.1 Å². The van der Waals surface area contributed by atoms with Gasteiger partial charge in [-0.2, -0.15) is 0 Å². The highest BCUT2D eigenvalue weighted by molar-refractivity contribution is 7.74. The van der Waals surface area contributed by atoms with Crippen LogP contribution in [0.25, 0.3) is 0 Å². The van der Waals surface area contributed by atoms with E-state index in [9.17, 15) is 8.76 Å². The lowest BCUT2D eigenvalue weighted by Crippen LogP contribution is -2.20. The van der Waals surface area contributed by atoms with Gasteiger partial charge in [0, 0.05) is 0 Å². The Hall–Kier alpha value is 0.0300. The van der Waals surface area contributed by atoms with Gasteiger partial charge in [0.05, 0.1) is 17.5 Å². The van der Waals surface area contributed by atoms with Crippen LogP contribution in [0.2, 0.25) is 0 Å². The van der Waals surface area contributed by atoms with E-state index in [2.05, 4.69) is 9.50 Å². The van der Waals surface area contributed by atoms with Gasteiger partial charge in [0.25, 0.3) is 0 Å². The number of hydrogen-bond donors (Lipinski definition) is 1. The molecule has 0 aromatic rings. The second-order valence-corrected chi connectivity index (χ2v) is 2.85. The summed E-state index contributed by atoms with van der Waals surface area (Å²) >= 11 is -2.38. The first-order chi connectivity index (χ1) is 5.16. The summed E-state index contributed by atoms with van der Waals surface area (Å²) in [5, 5.41) is 3.07. The Morgan fingerprint density at radius 2 is 2.36 bits per heavy atom. The average Bonchev–Trinajstić information content (AvgIpc) is 1.86. The lowest BCUT2D eigenvalue weighted by molar-refractivity contribution is 0.208. The molecule has 68 valence electrons. The second-order valence-electron chi connectivity index (χ2n) is 2.25. The van der Waals surface area contributed by atoms with Gasteiger partial charge in [-0.3, -0.25) is 4.18 Å². The smallest absolute Gasteiger partial charge is 0.0844 e. The Bertz CT molecular complexity index is 120. The van der Waals surface area contributed by atoms with Crippen LogP contribution >= 0.6 is 0 Å². The molecule has 0 heterocycles. The molecule has 0 bridgehead atoms. The fourth-order valence-corrected chi connectivity index (χ4v) is 1.03. The molecule has 0 saturated carbocycles. The maximum atomic E-state index is 10.00. The Balaban J connectivity index is 3.22. The maximum absolute atomic E-state index is 10.00. The van der Waals surface area contributed by atoms with E-state index < -0.39 is 11.4 Å². The average molecular weight is 180 g/mol. The van der Waals surface area contributed by atoms with Crippen LogP contribution in [0, 0.1) is 0 Å². The normalized spacial score (nSPS) is 16.3. The molecular formula is C6H14NO3S-. The Morgan fingerprint density at radius 3 is 2.82 bits per heavy atom. The molecule has 0 rings (SSSR count). The van der Waals surface area contributed by atoms with Crippen LogP contribution in [0.5, 0.6) is 0 Å². The summed E-state index contributed by atoms with van der Waals surface area (Å²) in [5.41, 5.74) is 0. The van der Waals surface area contributed by atoms with Gasteiger partial charge in [0.15, 0.2) is 0 Å². The molecule has 0 amide bonds. The van der Waals surface area contributed by atoms with Crippen molar-refractivity contribution in [1.82, 2.24) is 5.32 Å². The molecule has 2 unspecified atom stereocenters. The van der Waals surface area contributed by atoms with Crippen molar-refractivity contribution in [2.24, 2.45) is 0 Å². The van der Waals surface area contributed by atoms with Crippen LogP contribution in [-0.4, -0.2) is 28.0 Å². The quantitative estimate of drug-likeness (QED) is 0.468. The van der Waals surface area contributed by atoms with Crippen LogP contribution in [0.1, 0.15) is 20.3 Å². The monoisotopic (exact) mass is 180 g/mol. The molecule has 0 spiro atoms. The predicted octanol–water partition coefficient (Wildman–Crippen LogP) is 0.185. The molecule has 0 fully saturated rings. The Morgan fingerprint density at radius 1 is 1.73 bits per heavy atom. The van der Waals surface area contributed by atoms with Gasteiger partial charge < -0.3 is 9.87 Å². The standard InChI is InChI=1S/C6H15NO3S/c1-3-7-5-4-6(2)10-11(8)9/h6-7H,3-5H2,1-2H3,(H,8,9)/p-1. The van der Waals surface area contributed by atoms with Gasteiger partial charge in [0.2, 0.25) is 0 Å². The highest BCUT2D eigenvalue weighted by Crippen LogP contribution is 1.96. The van der Waals surface area contributed by atoms with Crippen molar-refractivity contribution < 1.29 is 12.9 Å². The van der Waals surface area contributed by atoms with E-state index in [1.807, 2.05) is 6.92 Å². The van der Waals surface area contributed by atoms with Crippen LogP contribution in [0.3, 0.4) is 0 Å². The largest absolute Gasteiger partial charge is 0.750 e. The van der Waals surface area contributed by atoms with Crippen molar-refractivity contribution in [2.45, 2.75) is 26.4 Å². The molecular weight excluding hydrogens is 166 g/mol. The number of rotatable bonds is 6. The van der Waals surface area contributed by atoms with Crippen molar-refractivity contribution in [3.63, 3.8) is 0 Å². The van der Waals surface area contributed by atoms with Crippen LogP contribution in [-0.2, 0) is 15.5 Å². The lowest BCUT2D eigenvalue weighted by atomic mass is 10.3. The molecule has 11 heavy (non-hydrogen) atoms. The lowest BCUT2D eigenvalue weighted by Gasteiger charge is -2.13. The van der Waals surface area contributed by atoms with E-state index in [1.165, 1.54) is 0 Å².